The van der Waals surface area contributed by atoms with E-state index < -0.39 is 0 Å². The van der Waals surface area contributed by atoms with Crippen molar-refractivity contribution in [1.82, 2.24) is 4.90 Å². The first-order chi connectivity index (χ1) is 8.81. The molecule has 1 fully saturated rings. The molecule has 0 amide bonds. The molecule has 2 heterocycles. The largest absolute Gasteiger partial charge is 0.458 e. The second-order valence-electron chi connectivity index (χ2n) is 5.79. The molecule has 2 aliphatic heterocycles. The molecule has 0 saturated carbocycles. The first-order valence-corrected chi connectivity index (χ1v) is 7.22. The van der Waals surface area contributed by atoms with Gasteiger partial charge in [0.15, 0.2) is 5.76 Å². The van der Waals surface area contributed by atoms with E-state index in [-0.39, 0.29) is 0 Å². The lowest BCUT2D eigenvalue weighted by atomic mass is 9.97. The molecule has 0 radical (unpaired) electrons. The monoisotopic (exact) mass is 249 g/mol. The number of hydrogen-bond acceptors (Lipinski definition) is 3. The summed E-state index contributed by atoms with van der Waals surface area (Å²) in [5, 5.41) is 0. The van der Waals surface area contributed by atoms with E-state index in [0.717, 1.165) is 30.3 Å². The lowest BCUT2D eigenvalue weighted by Crippen LogP contribution is -2.35. The minimum atomic E-state index is 0.415. The van der Waals surface area contributed by atoms with Gasteiger partial charge >= 0.3 is 0 Å². The smallest absolute Gasteiger partial charge is 0.230 e. The van der Waals surface area contributed by atoms with Gasteiger partial charge in [-0.05, 0) is 44.2 Å². The van der Waals surface area contributed by atoms with Crippen LogP contribution in [0.2, 0.25) is 0 Å². The van der Waals surface area contributed by atoms with Crippen molar-refractivity contribution < 1.29 is 9.47 Å². The first-order valence-electron chi connectivity index (χ1n) is 7.22. The van der Waals surface area contributed by atoms with Gasteiger partial charge in [-0.15, -0.1) is 0 Å². The maximum absolute atomic E-state index is 5.46. The fourth-order valence-corrected chi connectivity index (χ4v) is 3.15. The standard InChI is InChI=1S/C15H23NO2/c1-12-3-2-7-16(10-12)8-6-13-4-5-14-15(9-13)18-11-17-14/h9,12H,2-8,10-11H2,1H3/t12-/m1/s1. The van der Waals surface area contributed by atoms with Crippen molar-refractivity contribution >= 4 is 0 Å². The summed E-state index contributed by atoms with van der Waals surface area (Å²) in [5.41, 5.74) is 1.53. The second kappa shape index (κ2) is 5.35. The summed E-state index contributed by atoms with van der Waals surface area (Å²) >= 11 is 0. The number of hydrogen-bond donors (Lipinski definition) is 0. The van der Waals surface area contributed by atoms with Crippen LogP contribution in [0.5, 0.6) is 0 Å². The fourth-order valence-electron chi connectivity index (χ4n) is 3.15. The molecule has 0 spiro atoms. The molecule has 0 N–H and O–H groups in total. The van der Waals surface area contributed by atoms with Crippen LogP contribution < -0.4 is 0 Å². The van der Waals surface area contributed by atoms with Crippen molar-refractivity contribution in [3.63, 3.8) is 0 Å². The Hall–Kier alpha value is -0.960. The Morgan fingerprint density at radius 3 is 3.17 bits per heavy atom. The van der Waals surface area contributed by atoms with Crippen LogP contribution in [-0.2, 0) is 9.47 Å². The summed E-state index contributed by atoms with van der Waals surface area (Å²) in [6, 6.07) is 0. The molecule has 0 aromatic carbocycles. The van der Waals surface area contributed by atoms with E-state index in [4.69, 9.17) is 9.47 Å². The number of nitrogens with zero attached hydrogens (tertiary/aromatic N) is 1. The minimum absolute atomic E-state index is 0.415. The average molecular weight is 249 g/mol. The highest BCUT2D eigenvalue weighted by molar-refractivity contribution is 5.28. The summed E-state index contributed by atoms with van der Waals surface area (Å²) < 4.78 is 10.9. The Labute approximate surface area is 109 Å². The lowest BCUT2D eigenvalue weighted by Gasteiger charge is -2.31. The average Bonchev–Trinajstić information content (AvgIpc) is 2.84. The number of ether oxygens (including phenoxy) is 2. The van der Waals surface area contributed by atoms with Crippen LogP contribution in [0.15, 0.2) is 23.2 Å². The molecular weight excluding hydrogens is 226 g/mol. The molecule has 0 bridgehead atoms. The second-order valence-corrected chi connectivity index (χ2v) is 5.79. The van der Waals surface area contributed by atoms with Crippen LogP contribution in [0.1, 0.15) is 39.0 Å². The third-order valence-electron chi connectivity index (χ3n) is 4.22. The van der Waals surface area contributed by atoms with Gasteiger partial charge in [-0.3, -0.25) is 0 Å². The number of likely N-dealkylation sites (tertiary alicyclic amines) is 1. The Kier molecular flexibility index (Phi) is 3.59. The van der Waals surface area contributed by atoms with Gasteiger partial charge in [-0.25, -0.2) is 0 Å². The molecule has 3 aliphatic rings. The minimum Gasteiger partial charge on any atom is -0.458 e. The summed E-state index contributed by atoms with van der Waals surface area (Å²) in [6.45, 7) is 6.55. The molecule has 0 aromatic heterocycles. The molecule has 1 saturated heterocycles. The molecule has 3 rings (SSSR count). The van der Waals surface area contributed by atoms with E-state index in [1.807, 2.05) is 0 Å². The van der Waals surface area contributed by atoms with Crippen molar-refractivity contribution in [1.29, 1.82) is 0 Å². The van der Waals surface area contributed by atoms with Crippen LogP contribution >= 0.6 is 0 Å². The van der Waals surface area contributed by atoms with Crippen molar-refractivity contribution in [3.8, 4) is 0 Å². The highest BCUT2D eigenvalue weighted by Gasteiger charge is 2.22. The van der Waals surface area contributed by atoms with Crippen LogP contribution in [0, 0.1) is 5.92 Å². The third-order valence-corrected chi connectivity index (χ3v) is 4.22. The van der Waals surface area contributed by atoms with Gasteiger partial charge in [0.05, 0.1) is 0 Å². The normalized spacial score (nSPS) is 28.5. The fraction of sp³-hybridized carbons (Fsp3) is 0.733. The molecule has 1 aliphatic carbocycles. The Morgan fingerprint density at radius 2 is 2.28 bits per heavy atom. The third kappa shape index (κ3) is 2.72. The highest BCUT2D eigenvalue weighted by Crippen LogP contribution is 2.31. The Bertz CT molecular complexity index is 373. The Morgan fingerprint density at radius 1 is 1.33 bits per heavy atom. The summed E-state index contributed by atoms with van der Waals surface area (Å²) in [5.74, 6) is 2.92. The van der Waals surface area contributed by atoms with E-state index >= 15 is 0 Å². The van der Waals surface area contributed by atoms with Gasteiger partial charge in [-0.2, -0.15) is 0 Å². The quantitative estimate of drug-likeness (QED) is 0.767. The van der Waals surface area contributed by atoms with E-state index in [2.05, 4.69) is 17.9 Å². The van der Waals surface area contributed by atoms with Gasteiger partial charge in [0.25, 0.3) is 0 Å². The summed E-state index contributed by atoms with van der Waals surface area (Å²) in [6.07, 6.45) is 8.34. The topological polar surface area (TPSA) is 21.7 Å². The van der Waals surface area contributed by atoms with Gasteiger partial charge in [-0.1, -0.05) is 12.5 Å². The number of piperidine rings is 1. The van der Waals surface area contributed by atoms with Crippen LogP contribution in [0.4, 0.5) is 0 Å². The lowest BCUT2D eigenvalue weighted by molar-refractivity contribution is 0.0729. The van der Waals surface area contributed by atoms with E-state index in [0.29, 0.717) is 6.79 Å². The van der Waals surface area contributed by atoms with Crippen LogP contribution in [0.3, 0.4) is 0 Å². The summed E-state index contributed by atoms with van der Waals surface area (Å²) in [7, 11) is 0. The molecule has 1 atom stereocenters. The maximum atomic E-state index is 5.46. The maximum Gasteiger partial charge on any atom is 0.230 e. The predicted octanol–water partition coefficient (Wildman–Crippen LogP) is 3.04. The molecule has 3 nitrogen and oxygen atoms in total. The molecule has 3 heteroatoms. The van der Waals surface area contributed by atoms with E-state index in [1.54, 1.807) is 0 Å². The first kappa shape index (κ1) is 12.1. The number of rotatable bonds is 3. The molecular formula is C15H23NO2. The molecule has 0 aromatic rings. The zero-order valence-electron chi connectivity index (χ0n) is 11.3. The zero-order chi connectivity index (χ0) is 12.4. The zero-order valence-corrected chi connectivity index (χ0v) is 11.3. The van der Waals surface area contributed by atoms with Crippen molar-refractivity contribution in [2.75, 3.05) is 26.4 Å². The molecule has 100 valence electrons. The van der Waals surface area contributed by atoms with E-state index in [9.17, 15) is 0 Å². The van der Waals surface area contributed by atoms with Gasteiger partial charge in [0.1, 0.15) is 5.76 Å². The van der Waals surface area contributed by atoms with E-state index in [1.165, 1.54) is 44.5 Å². The van der Waals surface area contributed by atoms with Gasteiger partial charge < -0.3 is 14.4 Å². The predicted molar refractivity (Wildman–Crippen MR) is 70.8 cm³/mol. The highest BCUT2D eigenvalue weighted by atomic mass is 16.7. The molecule has 0 unspecified atom stereocenters. The van der Waals surface area contributed by atoms with Crippen molar-refractivity contribution in [3.05, 3.63) is 23.2 Å². The van der Waals surface area contributed by atoms with Crippen molar-refractivity contribution in [2.24, 2.45) is 5.92 Å². The molecule has 18 heavy (non-hydrogen) atoms. The van der Waals surface area contributed by atoms with Crippen LogP contribution in [0.25, 0.3) is 0 Å². The number of allylic oxidation sites excluding steroid dienone is 2. The SMILES string of the molecule is C[C@@H]1CCCN(CCC2=CC3=C(CC2)OCO3)C1. The van der Waals surface area contributed by atoms with Crippen molar-refractivity contribution in [2.45, 2.75) is 39.0 Å². The van der Waals surface area contributed by atoms with Gasteiger partial charge in [0, 0.05) is 19.5 Å². The summed E-state index contributed by atoms with van der Waals surface area (Å²) in [4.78, 5) is 2.62. The van der Waals surface area contributed by atoms with Crippen LogP contribution in [-0.4, -0.2) is 31.3 Å². The van der Waals surface area contributed by atoms with Gasteiger partial charge in [0.2, 0.25) is 6.79 Å². The Balaban J connectivity index is 1.51.